The quantitative estimate of drug-likeness (QED) is 0.180. The zero-order valence-electron chi connectivity index (χ0n) is 19.0. The molecule has 2 saturated heterocycles. The number of benzene rings is 1. The Bertz CT molecular complexity index is 1090. The van der Waals surface area contributed by atoms with E-state index in [1.807, 2.05) is 0 Å². The minimum atomic E-state index is -1.81. The minimum Gasteiger partial charge on any atom is -0.493 e. The third-order valence-corrected chi connectivity index (χ3v) is 6.11. The van der Waals surface area contributed by atoms with Crippen molar-refractivity contribution in [2.24, 2.45) is 0 Å². The van der Waals surface area contributed by atoms with E-state index in [4.69, 9.17) is 28.1 Å². The molecule has 14 nitrogen and oxygen atoms in total. The molecule has 2 aliphatic heterocycles. The predicted molar refractivity (Wildman–Crippen MR) is 116 cm³/mol. The molecular weight excluding hydrogens is 488 g/mol. The summed E-state index contributed by atoms with van der Waals surface area (Å²) in [7, 11) is 1.35. The Morgan fingerprint density at radius 3 is 2.08 bits per heavy atom. The van der Waals surface area contributed by atoms with Gasteiger partial charge in [-0.2, -0.15) is 0 Å². The average molecular weight is 516 g/mol. The molecule has 3 heterocycles. The van der Waals surface area contributed by atoms with Gasteiger partial charge in [0.05, 0.1) is 20.3 Å². The van der Waals surface area contributed by atoms with Gasteiger partial charge in [0, 0.05) is 17.5 Å². The molecule has 2 fully saturated rings. The Labute approximate surface area is 203 Å². The summed E-state index contributed by atoms with van der Waals surface area (Å²) >= 11 is 0. The molecule has 0 spiro atoms. The molecule has 0 aliphatic carbocycles. The van der Waals surface area contributed by atoms with E-state index in [-0.39, 0.29) is 17.1 Å². The van der Waals surface area contributed by atoms with Crippen LogP contribution in [-0.2, 0) is 14.2 Å². The lowest BCUT2D eigenvalue weighted by atomic mass is 9.97. The molecule has 10 atom stereocenters. The van der Waals surface area contributed by atoms with Gasteiger partial charge in [-0.15, -0.1) is 0 Å². The average Bonchev–Trinajstić information content (AvgIpc) is 2.87. The minimum absolute atomic E-state index is 0.0213. The van der Waals surface area contributed by atoms with Gasteiger partial charge in [-0.1, -0.05) is 0 Å². The van der Waals surface area contributed by atoms with Crippen molar-refractivity contribution in [1.82, 2.24) is 0 Å². The summed E-state index contributed by atoms with van der Waals surface area (Å²) in [6.07, 6.45) is -16.1. The third kappa shape index (κ3) is 5.05. The number of aliphatic hydroxyl groups is 7. The van der Waals surface area contributed by atoms with Crippen LogP contribution in [-0.4, -0.2) is 117 Å². The number of fused-ring (bicyclic) bond motifs is 1. The Balaban J connectivity index is 1.66. The van der Waals surface area contributed by atoms with Gasteiger partial charge in [0.1, 0.15) is 48.3 Å². The second-order valence-corrected chi connectivity index (χ2v) is 8.42. The van der Waals surface area contributed by atoms with Crippen LogP contribution >= 0.6 is 0 Å². The van der Waals surface area contributed by atoms with Crippen LogP contribution in [0.4, 0.5) is 0 Å². The first-order valence-corrected chi connectivity index (χ1v) is 11.1. The molecule has 1 aromatic heterocycles. The fraction of sp³-hybridized carbons (Fsp3) is 0.591. The van der Waals surface area contributed by atoms with Crippen LogP contribution in [0.3, 0.4) is 0 Å². The first-order chi connectivity index (χ1) is 17.2. The molecule has 1 aromatic carbocycles. The van der Waals surface area contributed by atoms with Gasteiger partial charge < -0.3 is 63.8 Å². The molecule has 36 heavy (non-hydrogen) atoms. The number of aliphatic hydroxyl groups excluding tert-OH is 7. The standard InChI is InChI=1S/C22H28O14/c1-31-10-4-8-2-3-14(25)32-9(8)5-11(10)33-22-20(18(29)16(27)13(7-24)35-22)36-21-19(30)17(28)15(26)12(6-23)34-21/h2-5,12-13,15-24,26-30H,6-7H2,1H3/t12-,13-,15+,16+,17-,18-,19-,20-,21-,22-/m1/s1. The Morgan fingerprint density at radius 1 is 0.806 bits per heavy atom. The molecule has 0 saturated carbocycles. The monoisotopic (exact) mass is 516 g/mol. The van der Waals surface area contributed by atoms with Crippen LogP contribution in [0.15, 0.2) is 33.5 Å². The van der Waals surface area contributed by atoms with Crippen LogP contribution in [0.2, 0.25) is 0 Å². The van der Waals surface area contributed by atoms with Crippen molar-refractivity contribution in [2.75, 3.05) is 20.3 Å². The molecule has 200 valence electrons. The molecule has 0 amide bonds. The van der Waals surface area contributed by atoms with Gasteiger partial charge in [0.25, 0.3) is 0 Å². The van der Waals surface area contributed by atoms with E-state index in [2.05, 4.69) is 0 Å². The van der Waals surface area contributed by atoms with Crippen molar-refractivity contribution in [3.05, 3.63) is 34.7 Å². The molecule has 0 unspecified atom stereocenters. The second-order valence-electron chi connectivity index (χ2n) is 8.42. The highest BCUT2D eigenvalue weighted by molar-refractivity contribution is 5.80. The van der Waals surface area contributed by atoms with Crippen molar-refractivity contribution in [3.8, 4) is 11.5 Å². The van der Waals surface area contributed by atoms with E-state index in [0.717, 1.165) is 0 Å². The maximum Gasteiger partial charge on any atom is 0.336 e. The number of hydrogen-bond donors (Lipinski definition) is 7. The normalized spacial score (nSPS) is 37.1. The number of ether oxygens (including phenoxy) is 5. The maximum atomic E-state index is 11.6. The summed E-state index contributed by atoms with van der Waals surface area (Å²) in [5.74, 6) is 0.153. The molecule has 2 aliphatic rings. The summed E-state index contributed by atoms with van der Waals surface area (Å²) < 4.78 is 32.9. The molecule has 4 rings (SSSR count). The number of hydrogen-bond acceptors (Lipinski definition) is 14. The van der Waals surface area contributed by atoms with E-state index in [1.54, 1.807) is 0 Å². The zero-order valence-corrected chi connectivity index (χ0v) is 19.0. The van der Waals surface area contributed by atoms with Crippen LogP contribution in [0.1, 0.15) is 0 Å². The van der Waals surface area contributed by atoms with Crippen molar-refractivity contribution in [1.29, 1.82) is 0 Å². The second kappa shape index (κ2) is 10.9. The molecule has 14 heteroatoms. The van der Waals surface area contributed by atoms with Gasteiger partial charge in [-0.3, -0.25) is 0 Å². The molecule has 7 N–H and O–H groups in total. The van der Waals surface area contributed by atoms with Gasteiger partial charge in [0.2, 0.25) is 6.29 Å². The fourth-order valence-electron chi connectivity index (χ4n) is 4.08. The fourth-order valence-corrected chi connectivity index (χ4v) is 4.08. The Kier molecular flexibility index (Phi) is 8.11. The van der Waals surface area contributed by atoms with E-state index >= 15 is 0 Å². The number of methoxy groups -OCH3 is 1. The summed E-state index contributed by atoms with van der Waals surface area (Å²) in [5.41, 5.74) is -0.477. The lowest BCUT2D eigenvalue weighted by Gasteiger charge is -2.45. The van der Waals surface area contributed by atoms with E-state index < -0.39 is 80.3 Å². The van der Waals surface area contributed by atoms with E-state index in [1.165, 1.54) is 31.4 Å². The SMILES string of the molecule is COc1cc2ccc(=O)oc2cc1O[C@@H]1O[C@H](CO)[C@H](O)[C@@H](O)[C@H]1O[C@H]1O[C@H](CO)[C@H](O)[C@@H](O)[C@H]1O. The lowest BCUT2D eigenvalue weighted by molar-refractivity contribution is -0.357. The molecule has 2 aromatic rings. The summed E-state index contributed by atoms with van der Waals surface area (Å²) in [4.78, 5) is 11.6. The van der Waals surface area contributed by atoms with Gasteiger partial charge in [0.15, 0.2) is 23.9 Å². The lowest BCUT2D eigenvalue weighted by Crippen LogP contribution is -2.65. The van der Waals surface area contributed by atoms with Gasteiger partial charge in [-0.05, 0) is 12.1 Å². The van der Waals surface area contributed by atoms with E-state index in [0.29, 0.717) is 5.39 Å². The predicted octanol–water partition coefficient (Wildman–Crippen LogP) is -3.20. The van der Waals surface area contributed by atoms with Crippen LogP contribution < -0.4 is 15.1 Å². The highest BCUT2D eigenvalue weighted by atomic mass is 16.8. The number of rotatable bonds is 7. The first-order valence-electron chi connectivity index (χ1n) is 11.1. The summed E-state index contributed by atoms with van der Waals surface area (Å²) in [6.45, 7) is -1.42. The van der Waals surface area contributed by atoms with Crippen molar-refractivity contribution >= 4 is 11.0 Å². The Hall–Kier alpha value is -2.37. The zero-order chi connectivity index (χ0) is 26.1. The van der Waals surface area contributed by atoms with Crippen LogP contribution in [0, 0.1) is 0 Å². The maximum absolute atomic E-state index is 11.6. The van der Waals surface area contributed by atoms with Crippen molar-refractivity contribution < 1.29 is 63.8 Å². The highest BCUT2D eigenvalue weighted by Crippen LogP contribution is 2.36. The summed E-state index contributed by atoms with van der Waals surface area (Å²) in [5, 5.41) is 71.0. The van der Waals surface area contributed by atoms with Gasteiger partial charge >= 0.3 is 5.63 Å². The van der Waals surface area contributed by atoms with E-state index in [9.17, 15) is 40.5 Å². The van der Waals surface area contributed by atoms with Crippen LogP contribution in [0.5, 0.6) is 11.5 Å². The third-order valence-electron chi connectivity index (χ3n) is 6.11. The Morgan fingerprint density at radius 2 is 1.44 bits per heavy atom. The van der Waals surface area contributed by atoms with Gasteiger partial charge in [-0.25, -0.2) is 4.79 Å². The highest BCUT2D eigenvalue weighted by Gasteiger charge is 2.51. The molecule has 0 radical (unpaired) electrons. The van der Waals surface area contributed by atoms with Crippen molar-refractivity contribution in [2.45, 2.75) is 61.4 Å². The smallest absolute Gasteiger partial charge is 0.336 e. The topological polar surface area (TPSA) is 218 Å². The largest absolute Gasteiger partial charge is 0.493 e. The summed E-state index contributed by atoms with van der Waals surface area (Å²) in [6, 6.07) is 5.58. The van der Waals surface area contributed by atoms with Crippen molar-refractivity contribution in [3.63, 3.8) is 0 Å². The first kappa shape index (κ1) is 26.7. The van der Waals surface area contributed by atoms with Crippen LogP contribution in [0.25, 0.3) is 11.0 Å². The molecular formula is C22H28O14. The molecule has 0 bridgehead atoms.